The Bertz CT molecular complexity index is 690. The van der Waals surface area contributed by atoms with Crippen molar-refractivity contribution < 1.29 is 23.5 Å². The van der Waals surface area contributed by atoms with Crippen LogP contribution in [0, 0.1) is 5.82 Å². The number of halogens is 1. The summed E-state index contributed by atoms with van der Waals surface area (Å²) in [5, 5.41) is 2.45. The van der Waals surface area contributed by atoms with Crippen LogP contribution in [-0.2, 0) is 14.3 Å². The standard InChI is InChI=1S/C18H18FNO4/c1-2-16(24-15-9-4-3-5-10-15)18(22)23-12-17(21)20-14-8-6-7-13(19)11-14/h3-11,16H,2,12H2,1H3,(H,20,21)/t16-/m0/s1. The highest BCUT2D eigenvalue weighted by Gasteiger charge is 2.21. The van der Waals surface area contributed by atoms with Gasteiger partial charge in [-0.15, -0.1) is 0 Å². The van der Waals surface area contributed by atoms with Gasteiger partial charge in [0, 0.05) is 5.69 Å². The zero-order chi connectivity index (χ0) is 17.4. The summed E-state index contributed by atoms with van der Waals surface area (Å²) in [6.45, 7) is 1.31. The van der Waals surface area contributed by atoms with Crippen molar-refractivity contribution in [1.82, 2.24) is 0 Å². The molecule has 6 heteroatoms. The van der Waals surface area contributed by atoms with E-state index >= 15 is 0 Å². The normalized spacial score (nSPS) is 11.4. The summed E-state index contributed by atoms with van der Waals surface area (Å²) in [6, 6.07) is 14.3. The molecule has 0 saturated heterocycles. The SMILES string of the molecule is CC[C@H](Oc1ccccc1)C(=O)OCC(=O)Nc1cccc(F)c1. The molecule has 1 atom stereocenters. The Morgan fingerprint density at radius 2 is 1.88 bits per heavy atom. The van der Waals surface area contributed by atoms with Crippen molar-refractivity contribution in [3.63, 3.8) is 0 Å². The highest BCUT2D eigenvalue weighted by molar-refractivity contribution is 5.93. The molecule has 0 heterocycles. The maximum absolute atomic E-state index is 13.0. The Morgan fingerprint density at radius 1 is 1.12 bits per heavy atom. The van der Waals surface area contributed by atoms with Gasteiger partial charge in [-0.3, -0.25) is 4.79 Å². The van der Waals surface area contributed by atoms with Gasteiger partial charge < -0.3 is 14.8 Å². The molecule has 126 valence electrons. The second kappa shape index (κ2) is 8.67. The molecule has 0 aliphatic heterocycles. The van der Waals surface area contributed by atoms with Crippen LogP contribution in [0.5, 0.6) is 5.75 Å². The van der Waals surface area contributed by atoms with E-state index in [0.29, 0.717) is 17.9 Å². The summed E-state index contributed by atoms with van der Waals surface area (Å²) in [4.78, 5) is 23.7. The fraction of sp³-hybridized carbons (Fsp3) is 0.222. The second-order valence-corrected chi connectivity index (χ2v) is 4.99. The third kappa shape index (κ3) is 5.39. The maximum Gasteiger partial charge on any atom is 0.347 e. The summed E-state index contributed by atoms with van der Waals surface area (Å²) in [5.74, 6) is -1.10. The minimum absolute atomic E-state index is 0.295. The summed E-state index contributed by atoms with van der Waals surface area (Å²) in [6.07, 6.45) is -0.395. The van der Waals surface area contributed by atoms with E-state index in [1.54, 1.807) is 31.2 Å². The molecule has 1 N–H and O–H groups in total. The highest BCUT2D eigenvalue weighted by atomic mass is 19.1. The van der Waals surface area contributed by atoms with Gasteiger partial charge in [-0.1, -0.05) is 31.2 Å². The Kier molecular flexibility index (Phi) is 6.31. The lowest BCUT2D eigenvalue weighted by Gasteiger charge is -2.16. The molecule has 0 aliphatic carbocycles. The van der Waals surface area contributed by atoms with Crippen LogP contribution in [0.4, 0.5) is 10.1 Å². The van der Waals surface area contributed by atoms with E-state index in [0.717, 1.165) is 0 Å². The van der Waals surface area contributed by atoms with Crippen molar-refractivity contribution in [3.8, 4) is 5.75 Å². The van der Waals surface area contributed by atoms with Gasteiger partial charge in [0.2, 0.25) is 0 Å². The number of ether oxygens (including phenoxy) is 2. The number of benzene rings is 2. The van der Waals surface area contributed by atoms with Crippen molar-refractivity contribution in [2.45, 2.75) is 19.4 Å². The van der Waals surface area contributed by atoms with E-state index in [-0.39, 0.29) is 0 Å². The van der Waals surface area contributed by atoms with Crippen molar-refractivity contribution in [2.24, 2.45) is 0 Å². The number of carbonyl (C=O) groups excluding carboxylic acids is 2. The first-order valence-electron chi connectivity index (χ1n) is 7.52. The topological polar surface area (TPSA) is 64.6 Å². The Hall–Kier alpha value is -2.89. The predicted molar refractivity (Wildman–Crippen MR) is 87.1 cm³/mol. The molecule has 0 unspecified atom stereocenters. The number of hydrogen-bond donors (Lipinski definition) is 1. The molecule has 0 saturated carbocycles. The van der Waals surface area contributed by atoms with Crippen molar-refractivity contribution in [3.05, 3.63) is 60.4 Å². The van der Waals surface area contributed by atoms with E-state index in [2.05, 4.69) is 5.32 Å². The third-order valence-corrected chi connectivity index (χ3v) is 3.11. The number of hydrogen-bond acceptors (Lipinski definition) is 4. The van der Waals surface area contributed by atoms with Gasteiger partial charge in [-0.05, 0) is 36.8 Å². The lowest BCUT2D eigenvalue weighted by atomic mass is 10.2. The molecule has 0 bridgehead atoms. The van der Waals surface area contributed by atoms with E-state index in [4.69, 9.17) is 9.47 Å². The van der Waals surface area contributed by atoms with Gasteiger partial charge in [0.1, 0.15) is 11.6 Å². The molecule has 0 radical (unpaired) electrons. The Morgan fingerprint density at radius 3 is 2.54 bits per heavy atom. The molecular weight excluding hydrogens is 313 g/mol. The smallest absolute Gasteiger partial charge is 0.347 e. The van der Waals surface area contributed by atoms with Crippen LogP contribution in [0.1, 0.15) is 13.3 Å². The number of amides is 1. The van der Waals surface area contributed by atoms with Crippen LogP contribution in [0.3, 0.4) is 0 Å². The van der Waals surface area contributed by atoms with Crippen LogP contribution in [-0.4, -0.2) is 24.6 Å². The van der Waals surface area contributed by atoms with Crippen LogP contribution in [0.25, 0.3) is 0 Å². The van der Waals surface area contributed by atoms with Gasteiger partial charge in [-0.25, -0.2) is 9.18 Å². The predicted octanol–water partition coefficient (Wildman–Crippen LogP) is 3.17. The number of para-hydroxylation sites is 1. The average molecular weight is 331 g/mol. The summed E-state index contributed by atoms with van der Waals surface area (Å²) in [7, 11) is 0. The lowest BCUT2D eigenvalue weighted by Crippen LogP contribution is -2.31. The van der Waals surface area contributed by atoms with Gasteiger partial charge in [0.15, 0.2) is 12.7 Å². The van der Waals surface area contributed by atoms with Gasteiger partial charge in [0.25, 0.3) is 5.91 Å². The monoisotopic (exact) mass is 331 g/mol. The van der Waals surface area contributed by atoms with E-state index < -0.39 is 30.4 Å². The molecular formula is C18H18FNO4. The van der Waals surface area contributed by atoms with Gasteiger partial charge in [-0.2, -0.15) is 0 Å². The number of anilines is 1. The van der Waals surface area contributed by atoms with Crippen molar-refractivity contribution in [2.75, 3.05) is 11.9 Å². The Balaban J connectivity index is 1.83. The summed E-state index contributed by atoms with van der Waals surface area (Å²) < 4.78 is 23.5. The van der Waals surface area contributed by atoms with E-state index in [1.807, 2.05) is 6.07 Å². The lowest BCUT2D eigenvalue weighted by molar-refractivity contribution is -0.154. The van der Waals surface area contributed by atoms with Gasteiger partial charge >= 0.3 is 5.97 Å². The molecule has 1 amide bonds. The number of nitrogens with one attached hydrogen (secondary N) is 1. The van der Waals surface area contributed by atoms with Crippen LogP contribution >= 0.6 is 0 Å². The quantitative estimate of drug-likeness (QED) is 0.792. The summed E-state index contributed by atoms with van der Waals surface area (Å²) in [5.41, 5.74) is 0.295. The van der Waals surface area contributed by atoms with Gasteiger partial charge in [0.05, 0.1) is 0 Å². The largest absolute Gasteiger partial charge is 0.479 e. The minimum Gasteiger partial charge on any atom is -0.479 e. The first kappa shape index (κ1) is 17.5. The highest BCUT2D eigenvalue weighted by Crippen LogP contribution is 2.13. The van der Waals surface area contributed by atoms with Crippen molar-refractivity contribution in [1.29, 1.82) is 0 Å². The number of esters is 1. The molecule has 0 fully saturated rings. The van der Waals surface area contributed by atoms with E-state index in [1.165, 1.54) is 24.3 Å². The molecule has 2 aromatic carbocycles. The van der Waals surface area contributed by atoms with Crippen LogP contribution in [0.15, 0.2) is 54.6 Å². The second-order valence-electron chi connectivity index (χ2n) is 4.99. The third-order valence-electron chi connectivity index (χ3n) is 3.11. The zero-order valence-electron chi connectivity index (χ0n) is 13.2. The fourth-order valence-electron chi connectivity index (χ4n) is 1.95. The Labute approximate surface area is 139 Å². The molecule has 24 heavy (non-hydrogen) atoms. The summed E-state index contributed by atoms with van der Waals surface area (Å²) >= 11 is 0. The van der Waals surface area contributed by atoms with Crippen LogP contribution < -0.4 is 10.1 Å². The molecule has 0 aliphatic rings. The number of rotatable bonds is 7. The minimum atomic E-state index is -0.797. The van der Waals surface area contributed by atoms with Crippen molar-refractivity contribution >= 4 is 17.6 Å². The molecule has 2 rings (SSSR count). The first-order chi connectivity index (χ1) is 11.6. The molecule has 5 nitrogen and oxygen atoms in total. The zero-order valence-corrected chi connectivity index (χ0v) is 13.2. The fourth-order valence-corrected chi connectivity index (χ4v) is 1.95. The average Bonchev–Trinajstić information content (AvgIpc) is 2.58. The molecule has 0 aromatic heterocycles. The maximum atomic E-state index is 13.0. The number of carbonyl (C=O) groups is 2. The first-order valence-corrected chi connectivity index (χ1v) is 7.52. The molecule has 2 aromatic rings. The van der Waals surface area contributed by atoms with E-state index in [9.17, 15) is 14.0 Å². The van der Waals surface area contributed by atoms with Crippen LogP contribution in [0.2, 0.25) is 0 Å². The molecule has 0 spiro atoms.